The minimum Gasteiger partial charge on any atom is -0.493 e. The minimum atomic E-state index is -0.311. The number of cyclic esters (lactones) is 1. The molecule has 0 spiro atoms. The molecule has 5 heteroatoms. The Kier molecular flexibility index (Phi) is 4.30. The maximum atomic E-state index is 11.0. The third kappa shape index (κ3) is 2.93. The zero-order valence-corrected chi connectivity index (χ0v) is 11.6. The Morgan fingerprint density at radius 1 is 1.05 bits per heavy atom. The van der Waals surface area contributed by atoms with E-state index in [1.165, 1.54) is 6.08 Å². The minimum absolute atomic E-state index is 0.305. The van der Waals surface area contributed by atoms with Crippen molar-refractivity contribution in [3.05, 3.63) is 35.4 Å². The maximum Gasteiger partial charge on any atom is 0.331 e. The van der Waals surface area contributed by atoms with Gasteiger partial charge in [-0.05, 0) is 23.3 Å². The molecule has 0 saturated heterocycles. The second-order valence-corrected chi connectivity index (χ2v) is 4.12. The first kappa shape index (κ1) is 14.0. The molecule has 0 atom stereocenters. The monoisotopic (exact) mass is 276 g/mol. The Hall–Kier alpha value is -2.43. The van der Waals surface area contributed by atoms with Crippen LogP contribution in [0.15, 0.2) is 29.9 Å². The summed E-state index contributed by atoms with van der Waals surface area (Å²) < 4.78 is 20.6. The third-order valence-corrected chi connectivity index (χ3v) is 2.86. The lowest BCUT2D eigenvalue weighted by atomic mass is 10.1. The number of benzene rings is 1. The predicted octanol–water partition coefficient (Wildman–Crippen LogP) is 2.21. The van der Waals surface area contributed by atoms with Crippen LogP contribution in [0.25, 0.3) is 6.08 Å². The van der Waals surface area contributed by atoms with Crippen LogP contribution >= 0.6 is 0 Å². The van der Waals surface area contributed by atoms with Gasteiger partial charge in [-0.15, -0.1) is 0 Å². The molecule has 5 nitrogen and oxygen atoms in total. The lowest BCUT2D eigenvalue weighted by molar-refractivity contribution is -0.134. The summed E-state index contributed by atoms with van der Waals surface area (Å²) >= 11 is 0. The van der Waals surface area contributed by atoms with Gasteiger partial charge in [0.1, 0.15) is 6.61 Å². The van der Waals surface area contributed by atoms with E-state index in [-0.39, 0.29) is 5.97 Å². The van der Waals surface area contributed by atoms with E-state index in [1.54, 1.807) is 21.3 Å². The molecule has 106 valence electrons. The van der Waals surface area contributed by atoms with Gasteiger partial charge in [-0.25, -0.2) is 4.79 Å². The molecule has 0 radical (unpaired) electrons. The van der Waals surface area contributed by atoms with Gasteiger partial charge in [-0.2, -0.15) is 0 Å². The van der Waals surface area contributed by atoms with E-state index >= 15 is 0 Å². The van der Waals surface area contributed by atoms with Crippen molar-refractivity contribution in [3.8, 4) is 17.2 Å². The zero-order valence-electron chi connectivity index (χ0n) is 11.6. The number of hydrogen-bond acceptors (Lipinski definition) is 5. The van der Waals surface area contributed by atoms with E-state index in [1.807, 2.05) is 24.3 Å². The van der Waals surface area contributed by atoms with Crippen LogP contribution < -0.4 is 14.2 Å². The van der Waals surface area contributed by atoms with Gasteiger partial charge in [-0.1, -0.05) is 12.2 Å². The van der Waals surface area contributed by atoms with E-state index in [2.05, 4.69) is 0 Å². The molecule has 0 aliphatic carbocycles. The molecule has 0 aromatic heterocycles. The molecule has 1 aromatic rings. The largest absolute Gasteiger partial charge is 0.493 e. The summed E-state index contributed by atoms with van der Waals surface area (Å²) in [4.78, 5) is 11.0. The molecule has 0 fully saturated rings. The zero-order chi connectivity index (χ0) is 14.5. The van der Waals surface area contributed by atoms with Gasteiger partial charge in [0.15, 0.2) is 11.5 Å². The Morgan fingerprint density at radius 2 is 1.70 bits per heavy atom. The summed E-state index contributed by atoms with van der Waals surface area (Å²) in [6.45, 7) is 0.305. The van der Waals surface area contributed by atoms with Gasteiger partial charge >= 0.3 is 5.97 Å². The van der Waals surface area contributed by atoms with Crippen molar-refractivity contribution >= 4 is 12.0 Å². The van der Waals surface area contributed by atoms with Gasteiger partial charge in [-0.3, -0.25) is 0 Å². The van der Waals surface area contributed by atoms with Crippen LogP contribution in [0.3, 0.4) is 0 Å². The van der Waals surface area contributed by atoms with Crippen molar-refractivity contribution in [1.82, 2.24) is 0 Å². The van der Waals surface area contributed by atoms with Crippen molar-refractivity contribution in [3.63, 3.8) is 0 Å². The van der Waals surface area contributed by atoms with Crippen molar-refractivity contribution in [2.24, 2.45) is 0 Å². The van der Waals surface area contributed by atoms with Crippen molar-refractivity contribution in [2.75, 3.05) is 27.9 Å². The number of methoxy groups -OCH3 is 3. The topological polar surface area (TPSA) is 54.0 Å². The first-order chi connectivity index (χ1) is 9.67. The molecule has 0 saturated carbocycles. The number of esters is 1. The summed E-state index contributed by atoms with van der Waals surface area (Å²) in [5.41, 5.74) is 1.70. The molecular formula is C15H16O5. The SMILES string of the molecule is COc1cc(/C=C/C2=CC(=O)OC2)cc(OC)c1OC. The maximum absolute atomic E-state index is 11.0. The van der Waals surface area contributed by atoms with Crippen LogP contribution in [0.4, 0.5) is 0 Å². The van der Waals surface area contributed by atoms with Gasteiger partial charge in [0.25, 0.3) is 0 Å². The summed E-state index contributed by atoms with van der Waals surface area (Å²) in [6.07, 6.45) is 5.15. The Labute approximate surface area is 117 Å². The smallest absolute Gasteiger partial charge is 0.331 e. The van der Waals surface area contributed by atoms with Crippen LogP contribution in [0.2, 0.25) is 0 Å². The van der Waals surface area contributed by atoms with Crippen molar-refractivity contribution in [1.29, 1.82) is 0 Å². The molecule has 20 heavy (non-hydrogen) atoms. The normalized spacial score (nSPS) is 14.2. The van der Waals surface area contributed by atoms with E-state index in [0.29, 0.717) is 23.9 Å². The predicted molar refractivity (Wildman–Crippen MR) is 74.2 cm³/mol. The van der Waals surface area contributed by atoms with Gasteiger partial charge in [0, 0.05) is 6.08 Å². The molecule has 0 N–H and O–H groups in total. The summed E-state index contributed by atoms with van der Waals surface area (Å²) in [7, 11) is 4.69. The highest BCUT2D eigenvalue weighted by Crippen LogP contribution is 2.38. The molecule has 1 heterocycles. The number of hydrogen-bond donors (Lipinski definition) is 0. The number of carbonyl (C=O) groups excluding carboxylic acids is 1. The first-order valence-corrected chi connectivity index (χ1v) is 6.03. The van der Waals surface area contributed by atoms with Crippen LogP contribution in [0, 0.1) is 0 Å². The van der Waals surface area contributed by atoms with Gasteiger partial charge < -0.3 is 18.9 Å². The summed E-state index contributed by atoms with van der Waals surface area (Å²) in [6, 6.07) is 3.66. The molecule has 1 aliphatic rings. The fraction of sp³-hybridized carbons (Fsp3) is 0.267. The number of carbonyl (C=O) groups is 1. The van der Waals surface area contributed by atoms with Crippen LogP contribution in [-0.2, 0) is 9.53 Å². The second-order valence-electron chi connectivity index (χ2n) is 4.12. The van der Waals surface area contributed by atoms with E-state index in [9.17, 15) is 4.79 Å². The fourth-order valence-corrected chi connectivity index (χ4v) is 1.89. The summed E-state index contributed by atoms with van der Waals surface area (Å²) in [5, 5.41) is 0. The highest BCUT2D eigenvalue weighted by molar-refractivity contribution is 5.86. The van der Waals surface area contributed by atoms with Crippen LogP contribution in [0.1, 0.15) is 5.56 Å². The lowest BCUT2D eigenvalue weighted by Crippen LogP contribution is -1.95. The molecular weight excluding hydrogens is 260 g/mol. The quantitative estimate of drug-likeness (QED) is 0.772. The Bertz CT molecular complexity index is 547. The summed E-state index contributed by atoms with van der Waals surface area (Å²) in [5.74, 6) is 1.40. The number of ether oxygens (including phenoxy) is 4. The second kappa shape index (κ2) is 6.14. The highest BCUT2D eigenvalue weighted by atomic mass is 16.5. The van der Waals surface area contributed by atoms with Crippen LogP contribution in [0.5, 0.6) is 17.2 Å². The van der Waals surface area contributed by atoms with Gasteiger partial charge in [0.05, 0.1) is 21.3 Å². The van der Waals surface area contributed by atoms with Crippen molar-refractivity contribution < 1.29 is 23.7 Å². The first-order valence-electron chi connectivity index (χ1n) is 6.03. The van der Waals surface area contributed by atoms with Gasteiger partial charge in [0.2, 0.25) is 5.75 Å². The molecule has 0 bridgehead atoms. The standard InChI is InChI=1S/C15H16O5/c1-17-12-6-10(7-13(18-2)15(12)19-3)4-5-11-8-14(16)20-9-11/h4-8H,9H2,1-3H3/b5-4+. The molecule has 1 aromatic carbocycles. The van der Waals surface area contributed by atoms with E-state index < -0.39 is 0 Å². The lowest BCUT2D eigenvalue weighted by Gasteiger charge is -2.12. The molecule has 1 aliphatic heterocycles. The van der Waals surface area contributed by atoms with E-state index in [0.717, 1.165) is 11.1 Å². The van der Waals surface area contributed by atoms with Crippen molar-refractivity contribution in [2.45, 2.75) is 0 Å². The Balaban J connectivity index is 2.30. The fourth-order valence-electron chi connectivity index (χ4n) is 1.89. The average Bonchev–Trinajstić information content (AvgIpc) is 2.89. The number of rotatable bonds is 5. The van der Waals surface area contributed by atoms with E-state index in [4.69, 9.17) is 18.9 Å². The average molecular weight is 276 g/mol. The Morgan fingerprint density at radius 3 is 2.15 bits per heavy atom. The molecule has 0 unspecified atom stereocenters. The van der Waals surface area contributed by atoms with Crippen LogP contribution in [-0.4, -0.2) is 33.9 Å². The molecule has 0 amide bonds. The third-order valence-electron chi connectivity index (χ3n) is 2.86. The molecule has 2 rings (SSSR count). The highest BCUT2D eigenvalue weighted by Gasteiger charge is 2.13.